The summed E-state index contributed by atoms with van der Waals surface area (Å²) in [7, 11) is 0. The van der Waals surface area contributed by atoms with E-state index in [1.165, 1.54) is 0 Å². The fourth-order valence-corrected chi connectivity index (χ4v) is 2.32. The molecule has 4 nitrogen and oxygen atoms in total. The number of benzene rings is 1. The van der Waals surface area contributed by atoms with Crippen molar-refractivity contribution < 1.29 is 9.59 Å². The number of anilines is 2. The summed E-state index contributed by atoms with van der Waals surface area (Å²) in [5.41, 5.74) is 1.33. The zero-order chi connectivity index (χ0) is 13.1. The van der Waals surface area contributed by atoms with E-state index in [-0.39, 0.29) is 17.1 Å². The number of amides is 2. The molecule has 0 unspecified atom stereocenters. The smallest absolute Gasteiger partial charge is 0.235 e. The first-order chi connectivity index (χ1) is 8.61. The Labute approximate surface area is 118 Å². The number of hydrogen-bond donors (Lipinski definition) is 1. The maximum Gasteiger partial charge on any atom is 0.235 e. The predicted octanol–water partition coefficient (Wildman–Crippen LogP) is 2.80. The molecule has 18 heavy (non-hydrogen) atoms. The van der Waals surface area contributed by atoms with Gasteiger partial charge in [-0.15, -0.1) is 0 Å². The van der Waals surface area contributed by atoms with Crippen LogP contribution in [0.1, 0.15) is 12.8 Å². The van der Waals surface area contributed by atoms with Gasteiger partial charge >= 0.3 is 0 Å². The van der Waals surface area contributed by atoms with Gasteiger partial charge in [-0.25, -0.2) is 0 Å². The Hall–Kier alpha value is -1.07. The third-order valence-electron chi connectivity index (χ3n) is 2.72. The van der Waals surface area contributed by atoms with E-state index in [4.69, 9.17) is 11.6 Å². The van der Waals surface area contributed by atoms with Gasteiger partial charge in [-0.05, 0) is 24.6 Å². The number of carbonyl (C=O) groups is 2. The van der Waals surface area contributed by atoms with Crippen LogP contribution in [-0.4, -0.2) is 23.7 Å². The van der Waals surface area contributed by atoms with Crippen LogP contribution in [-0.2, 0) is 9.59 Å². The maximum absolute atomic E-state index is 11.6. The van der Waals surface area contributed by atoms with Gasteiger partial charge in [-0.2, -0.15) is 0 Å². The summed E-state index contributed by atoms with van der Waals surface area (Å²) in [5, 5.41) is 3.39. The van der Waals surface area contributed by atoms with Crippen molar-refractivity contribution in [3.63, 3.8) is 0 Å². The first-order valence-corrected chi connectivity index (χ1v) is 7.07. The summed E-state index contributed by atoms with van der Waals surface area (Å²) in [6.07, 6.45) is 1.43. The molecule has 0 spiro atoms. The molecule has 0 radical (unpaired) electrons. The Morgan fingerprint density at radius 3 is 2.83 bits per heavy atom. The zero-order valence-corrected chi connectivity index (χ0v) is 11.9. The number of carbonyl (C=O) groups excluding carboxylic acids is 2. The van der Waals surface area contributed by atoms with Crippen LogP contribution in [0.25, 0.3) is 0 Å². The van der Waals surface area contributed by atoms with Crippen LogP contribution in [0.3, 0.4) is 0 Å². The van der Waals surface area contributed by atoms with Crippen molar-refractivity contribution >= 4 is 50.7 Å². The zero-order valence-electron chi connectivity index (χ0n) is 9.58. The number of nitrogens with one attached hydrogen (secondary N) is 1. The van der Waals surface area contributed by atoms with E-state index in [9.17, 15) is 9.59 Å². The third kappa shape index (κ3) is 2.84. The van der Waals surface area contributed by atoms with E-state index in [1.807, 2.05) is 0 Å². The van der Waals surface area contributed by atoms with Crippen molar-refractivity contribution in [3.05, 3.63) is 23.2 Å². The molecule has 1 saturated heterocycles. The Morgan fingerprint density at radius 2 is 2.28 bits per heavy atom. The lowest BCUT2D eigenvalue weighted by Crippen LogP contribution is -2.24. The molecule has 1 fully saturated rings. The van der Waals surface area contributed by atoms with Crippen molar-refractivity contribution in [3.8, 4) is 0 Å². The molecule has 1 N–H and O–H groups in total. The fourth-order valence-electron chi connectivity index (χ4n) is 1.90. The van der Waals surface area contributed by atoms with Gasteiger partial charge in [-0.1, -0.05) is 27.5 Å². The molecule has 2 amide bonds. The molecule has 2 rings (SSSR count). The van der Waals surface area contributed by atoms with Crippen molar-refractivity contribution in [2.24, 2.45) is 0 Å². The van der Waals surface area contributed by atoms with Crippen LogP contribution in [0.15, 0.2) is 18.2 Å². The summed E-state index contributed by atoms with van der Waals surface area (Å²) < 4.78 is 0. The Bertz CT molecular complexity index is 493. The van der Waals surface area contributed by atoms with Gasteiger partial charge < -0.3 is 10.2 Å². The average Bonchev–Trinajstić information content (AvgIpc) is 2.75. The van der Waals surface area contributed by atoms with E-state index in [0.717, 1.165) is 6.42 Å². The lowest BCUT2D eigenvalue weighted by Gasteiger charge is -2.18. The van der Waals surface area contributed by atoms with Crippen molar-refractivity contribution in [2.75, 3.05) is 22.1 Å². The number of hydrogen-bond acceptors (Lipinski definition) is 2. The normalized spacial score (nSPS) is 15.0. The second kappa shape index (κ2) is 5.71. The highest BCUT2D eigenvalue weighted by Crippen LogP contribution is 2.31. The van der Waals surface area contributed by atoms with E-state index < -0.39 is 0 Å². The molecule has 0 atom stereocenters. The second-order valence-corrected chi connectivity index (χ2v) is 4.96. The van der Waals surface area contributed by atoms with Gasteiger partial charge in [0.25, 0.3) is 0 Å². The standard InChI is InChI=1S/C12H12BrClN2O2/c13-7-11(17)15-8-3-4-10(9(14)6-8)16-5-1-2-12(16)18/h3-4,6H,1-2,5,7H2,(H,15,17). The molecule has 0 bridgehead atoms. The molecular weight excluding hydrogens is 320 g/mol. The third-order valence-corrected chi connectivity index (χ3v) is 3.53. The molecule has 1 aliphatic heterocycles. The van der Waals surface area contributed by atoms with Crippen molar-refractivity contribution in [1.82, 2.24) is 0 Å². The summed E-state index contributed by atoms with van der Waals surface area (Å²) in [6.45, 7) is 0.700. The van der Waals surface area contributed by atoms with Gasteiger partial charge in [0.05, 0.1) is 16.0 Å². The predicted molar refractivity (Wildman–Crippen MR) is 75.5 cm³/mol. The van der Waals surface area contributed by atoms with Crippen LogP contribution >= 0.6 is 27.5 Å². The van der Waals surface area contributed by atoms with Gasteiger partial charge in [0.2, 0.25) is 11.8 Å². The van der Waals surface area contributed by atoms with Crippen LogP contribution in [0.2, 0.25) is 5.02 Å². The number of rotatable bonds is 3. The molecule has 1 aromatic carbocycles. The van der Waals surface area contributed by atoms with Crippen LogP contribution in [0.4, 0.5) is 11.4 Å². The highest BCUT2D eigenvalue weighted by atomic mass is 79.9. The van der Waals surface area contributed by atoms with Crippen LogP contribution < -0.4 is 10.2 Å². The molecule has 6 heteroatoms. The molecule has 1 aliphatic rings. The van der Waals surface area contributed by atoms with Crippen LogP contribution in [0, 0.1) is 0 Å². The largest absolute Gasteiger partial charge is 0.325 e. The maximum atomic E-state index is 11.6. The summed E-state index contributed by atoms with van der Waals surface area (Å²) in [5.74, 6) is -0.0507. The molecule has 1 heterocycles. The SMILES string of the molecule is O=C(CBr)Nc1ccc(N2CCCC2=O)c(Cl)c1. The first-order valence-electron chi connectivity index (χ1n) is 5.57. The van der Waals surface area contributed by atoms with Gasteiger partial charge in [0, 0.05) is 18.7 Å². The van der Waals surface area contributed by atoms with Gasteiger partial charge in [0.15, 0.2) is 0 Å². The number of halogens is 2. The highest BCUT2D eigenvalue weighted by Gasteiger charge is 2.23. The average molecular weight is 332 g/mol. The quantitative estimate of drug-likeness (QED) is 0.866. The molecule has 0 aromatic heterocycles. The lowest BCUT2D eigenvalue weighted by atomic mass is 10.2. The van der Waals surface area contributed by atoms with Crippen molar-refractivity contribution in [1.29, 1.82) is 0 Å². The summed E-state index contributed by atoms with van der Waals surface area (Å²) in [4.78, 5) is 24.5. The second-order valence-electron chi connectivity index (χ2n) is 4.00. The topological polar surface area (TPSA) is 49.4 Å². The minimum absolute atomic E-state index is 0.0918. The summed E-state index contributed by atoms with van der Waals surface area (Å²) in [6, 6.07) is 5.16. The molecule has 0 aliphatic carbocycles. The Balaban J connectivity index is 2.19. The van der Waals surface area contributed by atoms with Gasteiger partial charge in [0.1, 0.15) is 0 Å². The van der Waals surface area contributed by atoms with E-state index in [0.29, 0.717) is 29.4 Å². The molecule has 0 saturated carbocycles. The van der Waals surface area contributed by atoms with E-state index in [1.54, 1.807) is 23.1 Å². The monoisotopic (exact) mass is 330 g/mol. The fraction of sp³-hybridized carbons (Fsp3) is 0.333. The van der Waals surface area contributed by atoms with E-state index in [2.05, 4.69) is 21.2 Å². The molecule has 1 aromatic rings. The van der Waals surface area contributed by atoms with Crippen molar-refractivity contribution in [2.45, 2.75) is 12.8 Å². The van der Waals surface area contributed by atoms with Crippen LogP contribution in [0.5, 0.6) is 0 Å². The minimum Gasteiger partial charge on any atom is -0.325 e. The molecular formula is C12H12BrClN2O2. The molecule has 96 valence electrons. The minimum atomic E-state index is -0.143. The summed E-state index contributed by atoms with van der Waals surface area (Å²) >= 11 is 9.21. The van der Waals surface area contributed by atoms with Gasteiger partial charge in [-0.3, -0.25) is 9.59 Å². The lowest BCUT2D eigenvalue weighted by molar-refractivity contribution is -0.117. The number of nitrogens with zero attached hydrogens (tertiary/aromatic N) is 1. The number of alkyl halides is 1. The highest BCUT2D eigenvalue weighted by molar-refractivity contribution is 9.09. The Morgan fingerprint density at radius 1 is 1.50 bits per heavy atom. The Kier molecular flexibility index (Phi) is 4.24. The first kappa shape index (κ1) is 13.4. The van der Waals surface area contributed by atoms with E-state index >= 15 is 0 Å².